The first-order valence-corrected chi connectivity index (χ1v) is 8.39. The molecule has 0 aliphatic heterocycles. The van der Waals surface area contributed by atoms with E-state index >= 15 is 0 Å². The first-order chi connectivity index (χ1) is 12.1. The Kier molecular flexibility index (Phi) is 4.03. The van der Waals surface area contributed by atoms with Gasteiger partial charge in [0.15, 0.2) is 0 Å². The van der Waals surface area contributed by atoms with Crippen LogP contribution in [0.2, 0.25) is 5.02 Å². The van der Waals surface area contributed by atoms with Crippen LogP contribution in [0.3, 0.4) is 0 Å². The van der Waals surface area contributed by atoms with Crippen molar-refractivity contribution in [2.24, 2.45) is 0 Å². The Morgan fingerprint density at radius 2 is 1.96 bits per heavy atom. The number of halogens is 1. The molecule has 0 bridgehead atoms. The predicted octanol–water partition coefficient (Wildman–Crippen LogP) is 4.17. The molecule has 2 N–H and O–H groups in total. The van der Waals surface area contributed by atoms with Gasteiger partial charge in [-0.1, -0.05) is 35.9 Å². The summed E-state index contributed by atoms with van der Waals surface area (Å²) in [4.78, 5) is 19.6. The van der Waals surface area contributed by atoms with Gasteiger partial charge in [-0.2, -0.15) is 0 Å². The van der Waals surface area contributed by atoms with Crippen molar-refractivity contribution < 1.29 is 4.42 Å². The van der Waals surface area contributed by atoms with Crippen molar-refractivity contribution in [2.75, 3.05) is 0 Å². The van der Waals surface area contributed by atoms with Gasteiger partial charge >= 0.3 is 0 Å². The molecule has 6 heteroatoms. The van der Waals surface area contributed by atoms with E-state index in [1.807, 2.05) is 55.5 Å². The van der Waals surface area contributed by atoms with E-state index in [2.05, 4.69) is 15.3 Å². The van der Waals surface area contributed by atoms with Crippen LogP contribution in [0, 0.1) is 0 Å². The summed E-state index contributed by atoms with van der Waals surface area (Å²) >= 11 is 5.92. The molecule has 4 rings (SSSR count). The maximum Gasteiger partial charge on any atom is 0.294 e. The van der Waals surface area contributed by atoms with Crippen molar-refractivity contribution >= 4 is 33.7 Å². The van der Waals surface area contributed by atoms with Gasteiger partial charge in [0, 0.05) is 16.5 Å². The molecule has 0 fully saturated rings. The summed E-state index contributed by atoms with van der Waals surface area (Å²) in [6, 6.07) is 15.3. The number of H-pyrrole nitrogens is 1. The zero-order valence-electron chi connectivity index (χ0n) is 13.5. The number of para-hydroxylation sites is 1. The van der Waals surface area contributed by atoms with Crippen molar-refractivity contribution in [3.8, 4) is 0 Å². The summed E-state index contributed by atoms with van der Waals surface area (Å²) in [7, 11) is 0. The molecule has 2 heterocycles. The van der Waals surface area contributed by atoms with Crippen LogP contribution < -0.4 is 10.9 Å². The molecular formula is C19H16ClN3O2. The predicted molar refractivity (Wildman–Crippen MR) is 98.8 cm³/mol. The molecule has 0 saturated carbocycles. The van der Waals surface area contributed by atoms with Crippen LogP contribution in [-0.2, 0) is 6.54 Å². The van der Waals surface area contributed by atoms with Crippen LogP contribution in [0.5, 0.6) is 0 Å². The Morgan fingerprint density at radius 3 is 2.76 bits per heavy atom. The highest BCUT2D eigenvalue weighted by Crippen LogP contribution is 2.24. The minimum Gasteiger partial charge on any atom is -0.449 e. The highest BCUT2D eigenvalue weighted by Gasteiger charge is 2.13. The molecule has 0 aliphatic rings. The molecule has 126 valence electrons. The highest BCUT2D eigenvalue weighted by molar-refractivity contribution is 6.30. The van der Waals surface area contributed by atoms with Crippen LogP contribution in [-0.4, -0.2) is 9.97 Å². The van der Waals surface area contributed by atoms with Gasteiger partial charge in [-0.25, -0.2) is 4.98 Å². The minimum atomic E-state index is -0.267. The molecule has 25 heavy (non-hydrogen) atoms. The first kappa shape index (κ1) is 15.9. The third kappa shape index (κ3) is 3.04. The molecule has 1 unspecified atom stereocenters. The summed E-state index contributed by atoms with van der Waals surface area (Å²) < 4.78 is 5.61. The van der Waals surface area contributed by atoms with Crippen LogP contribution in [0.25, 0.3) is 22.1 Å². The van der Waals surface area contributed by atoms with Gasteiger partial charge in [-0.05, 0) is 36.8 Å². The van der Waals surface area contributed by atoms with E-state index in [0.717, 1.165) is 10.9 Å². The Bertz CT molecular complexity index is 1100. The topological polar surface area (TPSA) is 70.9 Å². The van der Waals surface area contributed by atoms with Gasteiger partial charge in [0.25, 0.3) is 5.56 Å². The largest absolute Gasteiger partial charge is 0.449 e. The molecular weight excluding hydrogens is 338 g/mol. The fourth-order valence-electron chi connectivity index (χ4n) is 2.85. The lowest BCUT2D eigenvalue weighted by molar-refractivity contribution is 0.558. The Labute approximate surface area is 148 Å². The van der Waals surface area contributed by atoms with Crippen molar-refractivity contribution in [3.63, 3.8) is 0 Å². The van der Waals surface area contributed by atoms with E-state index in [4.69, 9.17) is 16.0 Å². The Morgan fingerprint density at radius 1 is 1.20 bits per heavy atom. The van der Waals surface area contributed by atoms with E-state index in [0.29, 0.717) is 28.5 Å². The lowest BCUT2D eigenvalue weighted by atomic mass is 10.1. The number of furan rings is 1. The summed E-state index contributed by atoms with van der Waals surface area (Å²) in [5.74, 6) is 0.574. The fourth-order valence-corrected chi connectivity index (χ4v) is 2.98. The average Bonchev–Trinajstić information content (AvgIpc) is 3.00. The molecule has 0 radical (unpaired) electrons. The lowest BCUT2D eigenvalue weighted by Gasteiger charge is -2.13. The quantitative estimate of drug-likeness (QED) is 0.577. The number of aromatic amines is 1. The van der Waals surface area contributed by atoms with Gasteiger partial charge in [0.05, 0.1) is 6.54 Å². The van der Waals surface area contributed by atoms with Crippen molar-refractivity contribution in [2.45, 2.75) is 19.5 Å². The van der Waals surface area contributed by atoms with Crippen molar-refractivity contribution in [1.82, 2.24) is 15.3 Å². The van der Waals surface area contributed by atoms with Crippen LogP contribution in [0.1, 0.15) is 24.4 Å². The van der Waals surface area contributed by atoms with E-state index in [1.54, 1.807) is 0 Å². The maximum absolute atomic E-state index is 12.3. The number of benzene rings is 2. The molecule has 2 aromatic heterocycles. The van der Waals surface area contributed by atoms with Crippen LogP contribution in [0.15, 0.2) is 57.7 Å². The molecule has 0 aliphatic carbocycles. The molecule has 2 aromatic carbocycles. The third-order valence-electron chi connectivity index (χ3n) is 4.23. The van der Waals surface area contributed by atoms with Gasteiger partial charge in [-0.3, -0.25) is 4.79 Å². The number of nitrogens with zero attached hydrogens (tertiary/aromatic N) is 1. The zero-order valence-corrected chi connectivity index (χ0v) is 14.3. The van der Waals surface area contributed by atoms with Crippen LogP contribution >= 0.6 is 11.6 Å². The number of hydrogen-bond acceptors (Lipinski definition) is 4. The van der Waals surface area contributed by atoms with Crippen LogP contribution in [0.4, 0.5) is 0 Å². The monoisotopic (exact) mass is 353 g/mol. The first-order valence-electron chi connectivity index (χ1n) is 8.01. The standard InChI is InChI=1S/C19H16ClN3O2/c1-11(12-6-8-13(20)9-7-12)21-10-16-22-17-14-4-2-3-5-15(14)25-18(17)19(24)23-16/h2-9,11,21H,10H2,1H3,(H,22,23,24). The summed E-state index contributed by atoms with van der Waals surface area (Å²) in [5, 5.41) is 4.91. The molecule has 0 spiro atoms. The smallest absolute Gasteiger partial charge is 0.294 e. The molecule has 1 atom stereocenters. The maximum atomic E-state index is 12.3. The number of aromatic nitrogens is 2. The molecule has 0 saturated heterocycles. The highest BCUT2D eigenvalue weighted by atomic mass is 35.5. The summed E-state index contributed by atoms with van der Waals surface area (Å²) in [5.41, 5.74) is 2.36. The fraction of sp³-hybridized carbons (Fsp3) is 0.158. The Balaban J connectivity index is 1.62. The zero-order chi connectivity index (χ0) is 17.4. The molecule has 0 amide bonds. The second-order valence-electron chi connectivity index (χ2n) is 5.94. The van der Waals surface area contributed by atoms with Gasteiger partial charge < -0.3 is 14.7 Å². The Hall–Kier alpha value is -2.63. The summed E-state index contributed by atoms with van der Waals surface area (Å²) in [6.07, 6.45) is 0. The molecule has 4 aromatic rings. The van der Waals surface area contributed by atoms with E-state index < -0.39 is 0 Å². The van der Waals surface area contributed by atoms with Crippen molar-refractivity contribution in [3.05, 3.63) is 75.3 Å². The van der Waals surface area contributed by atoms with E-state index in [1.165, 1.54) is 0 Å². The summed E-state index contributed by atoms with van der Waals surface area (Å²) in [6.45, 7) is 2.49. The number of hydrogen-bond donors (Lipinski definition) is 2. The second-order valence-corrected chi connectivity index (χ2v) is 6.38. The minimum absolute atomic E-state index is 0.0966. The normalized spacial score (nSPS) is 12.7. The van der Waals surface area contributed by atoms with E-state index in [-0.39, 0.29) is 17.2 Å². The van der Waals surface area contributed by atoms with E-state index in [9.17, 15) is 4.79 Å². The average molecular weight is 354 g/mol. The SMILES string of the molecule is CC(NCc1nc2c(oc3ccccc32)c(=O)[nH]1)c1ccc(Cl)cc1. The van der Waals surface area contributed by atoms with Gasteiger partial charge in [-0.15, -0.1) is 0 Å². The van der Waals surface area contributed by atoms with Crippen molar-refractivity contribution in [1.29, 1.82) is 0 Å². The third-order valence-corrected chi connectivity index (χ3v) is 4.48. The number of nitrogens with one attached hydrogen (secondary N) is 2. The molecule has 5 nitrogen and oxygen atoms in total. The number of rotatable bonds is 4. The van der Waals surface area contributed by atoms with Gasteiger partial charge in [0.2, 0.25) is 5.58 Å². The van der Waals surface area contributed by atoms with Gasteiger partial charge in [0.1, 0.15) is 16.9 Å². The number of fused-ring (bicyclic) bond motifs is 3. The second kappa shape index (κ2) is 6.35. The lowest BCUT2D eigenvalue weighted by Crippen LogP contribution is -2.22.